The molecule has 2 rings (SSSR count). The zero-order valence-corrected chi connectivity index (χ0v) is 14.7. The van der Waals surface area contributed by atoms with E-state index in [9.17, 15) is 8.42 Å². The van der Waals surface area contributed by atoms with Crippen LogP contribution >= 0.6 is 27.5 Å². The first-order valence-electron chi connectivity index (χ1n) is 6.16. The number of nitrogens with zero attached hydrogens (tertiary/aromatic N) is 4. The van der Waals surface area contributed by atoms with Crippen LogP contribution in [0.3, 0.4) is 0 Å². The van der Waals surface area contributed by atoms with Gasteiger partial charge in [0.25, 0.3) is 10.0 Å². The number of halogens is 2. The normalized spacial score (nSPS) is 12.0. The summed E-state index contributed by atoms with van der Waals surface area (Å²) in [5, 5.41) is 7.99. The SMILES string of the molecule is CCN(Cc1ccccc1Cl)S(=O)(=O)c1c(Br)nnn1C. The van der Waals surface area contributed by atoms with E-state index in [2.05, 4.69) is 26.2 Å². The molecule has 0 unspecified atom stereocenters. The van der Waals surface area contributed by atoms with Crippen LogP contribution in [0, 0.1) is 0 Å². The second-order valence-corrected chi connectivity index (χ2v) is 7.34. The van der Waals surface area contributed by atoms with Crippen molar-refractivity contribution in [2.24, 2.45) is 7.05 Å². The van der Waals surface area contributed by atoms with Crippen molar-refractivity contribution in [1.82, 2.24) is 19.3 Å². The van der Waals surface area contributed by atoms with Crippen molar-refractivity contribution in [2.75, 3.05) is 6.54 Å². The first kappa shape index (κ1) is 16.4. The predicted octanol–water partition coefficient (Wildman–Crippen LogP) is 2.44. The third-order valence-corrected chi connectivity index (χ3v) is 6.16. The molecule has 0 aliphatic rings. The van der Waals surface area contributed by atoms with Gasteiger partial charge in [0.15, 0.2) is 4.60 Å². The minimum atomic E-state index is -3.72. The average molecular weight is 394 g/mol. The van der Waals surface area contributed by atoms with Crippen molar-refractivity contribution in [3.05, 3.63) is 39.5 Å². The summed E-state index contributed by atoms with van der Waals surface area (Å²) in [5.74, 6) is 0. The zero-order valence-electron chi connectivity index (χ0n) is 11.5. The summed E-state index contributed by atoms with van der Waals surface area (Å²) < 4.78 is 28.2. The lowest BCUT2D eigenvalue weighted by Gasteiger charge is -2.20. The van der Waals surface area contributed by atoms with E-state index < -0.39 is 10.0 Å². The molecule has 21 heavy (non-hydrogen) atoms. The predicted molar refractivity (Wildman–Crippen MR) is 83.4 cm³/mol. The first-order chi connectivity index (χ1) is 9.87. The third kappa shape index (κ3) is 3.28. The van der Waals surface area contributed by atoms with E-state index in [4.69, 9.17) is 11.6 Å². The monoisotopic (exact) mass is 392 g/mol. The van der Waals surface area contributed by atoms with Gasteiger partial charge in [-0.15, -0.1) is 5.10 Å². The van der Waals surface area contributed by atoms with Gasteiger partial charge in [-0.05, 0) is 27.6 Å². The van der Waals surface area contributed by atoms with Crippen LogP contribution in [-0.4, -0.2) is 34.3 Å². The Balaban J connectivity index is 2.40. The van der Waals surface area contributed by atoms with Crippen LogP contribution in [0.5, 0.6) is 0 Å². The molecular formula is C12H14BrClN4O2S. The summed E-state index contributed by atoms with van der Waals surface area (Å²) in [4.78, 5) is 0. The van der Waals surface area contributed by atoms with Crippen LogP contribution in [0.1, 0.15) is 12.5 Å². The average Bonchev–Trinajstić information content (AvgIpc) is 2.77. The molecule has 9 heteroatoms. The number of benzene rings is 1. The van der Waals surface area contributed by atoms with Crippen molar-refractivity contribution in [3.8, 4) is 0 Å². The van der Waals surface area contributed by atoms with E-state index in [-0.39, 0.29) is 16.2 Å². The Morgan fingerprint density at radius 3 is 2.57 bits per heavy atom. The largest absolute Gasteiger partial charge is 0.263 e. The van der Waals surface area contributed by atoms with Crippen molar-refractivity contribution in [3.63, 3.8) is 0 Å². The molecule has 1 heterocycles. The Labute approximate surface area is 136 Å². The second-order valence-electron chi connectivity index (χ2n) is 4.33. The molecule has 6 nitrogen and oxygen atoms in total. The topological polar surface area (TPSA) is 68.1 Å². The van der Waals surface area contributed by atoms with Crippen LogP contribution in [0.25, 0.3) is 0 Å². The number of hydrogen-bond acceptors (Lipinski definition) is 4. The van der Waals surface area contributed by atoms with Crippen molar-refractivity contribution >= 4 is 37.6 Å². The molecule has 0 amide bonds. The summed E-state index contributed by atoms with van der Waals surface area (Å²) in [6.45, 7) is 2.27. The quantitative estimate of drug-likeness (QED) is 0.782. The third-order valence-electron chi connectivity index (χ3n) is 2.98. The summed E-state index contributed by atoms with van der Waals surface area (Å²) in [6, 6.07) is 7.16. The van der Waals surface area contributed by atoms with Crippen molar-refractivity contribution in [2.45, 2.75) is 18.5 Å². The molecule has 0 saturated carbocycles. The molecule has 114 valence electrons. The van der Waals surface area contributed by atoms with E-state index in [0.29, 0.717) is 11.6 Å². The first-order valence-corrected chi connectivity index (χ1v) is 8.77. The van der Waals surface area contributed by atoms with Crippen LogP contribution in [0.2, 0.25) is 5.02 Å². The Kier molecular flexibility index (Phi) is 5.03. The summed E-state index contributed by atoms with van der Waals surface area (Å²) in [7, 11) is -2.18. The van der Waals surface area contributed by atoms with Crippen LogP contribution in [-0.2, 0) is 23.6 Å². The van der Waals surface area contributed by atoms with Crippen LogP contribution in [0.4, 0.5) is 0 Å². The molecule has 0 aliphatic heterocycles. The molecule has 0 fully saturated rings. The van der Waals surface area contributed by atoms with E-state index in [0.717, 1.165) is 5.56 Å². The maximum absolute atomic E-state index is 12.7. The summed E-state index contributed by atoms with van der Waals surface area (Å²) >= 11 is 9.23. The zero-order chi connectivity index (χ0) is 15.6. The van der Waals surface area contributed by atoms with Gasteiger partial charge in [0.2, 0.25) is 5.03 Å². The molecule has 0 radical (unpaired) electrons. The highest BCUT2D eigenvalue weighted by atomic mass is 79.9. The lowest BCUT2D eigenvalue weighted by Crippen LogP contribution is -2.32. The maximum Gasteiger partial charge on any atom is 0.263 e. The Morgan fingerprint density at radius 2 is 2.05 bits per heavy atom. The minimum absolute atomic E-state index is 0.0244. The van der Waals surface area contributed by atoms with E-state index in [1.54, 1.807) is 25.1 Å². The fourth-order valence-electron chi connectivity index (χ4n) is 1.90. The van der Waals surface area contributed by atoms with E-state index in [1.807, 2.05) is 6.07 Å². The van der Waals surface area contributed by atoms with Crippen LogP contribution in [0.15, 0.2) is 33.9 Å². The molecule has 0 N–H and O–H groups in total. The number of sulfonamides is 1. The van der Waals surface area contributed by atoms with Crippen molar-refractivity contribution in [1.29, 1.82) is 0 Å². The molecule has 2 aromatic rings. The van der Waals surface area contributed by atoms with Gasteiger partial charge >= 0.3 is 0 Å². The fraction of sp³-hybridized carbons (Fsp3) is 0.333. The standard InChI is InChI=1S/C12H14BrClN4O2S/c1-3-18(8-9-6-4-5-7-10(9)14)21(19,20)12-11(13)15-16-17(12)2/h4-7H,3,8H2,1-2H3. The Morgan fingerprint density at radius 1 is 1.38 bits per heavy atom. The highest BCUT2D eigenvalue weighted by Crippen LogP contribution is 2.25. The van der Waals surface area contributed by atoms with Gasteiger partial charge in [-0.1, -0.05) is 41.9 Å². The van der Waals surface area contributed by atoms with Gasteiger partial charge in [-0.2, -0.15) is 4.31 Å². The molecular weight excluding hydrogens is 380 g/mol. The van der Waals surface area contributed by atoms with Gasteiger partial charge in [-0.25, -0.2) is 13.1 Å². The number of aryl methyl sites for hydroxylation is 1. The van der Waals surface area contributed by atoms with E-state index >= 15 is 0 Å². The molecule has 1 aromatic heterocycles. The maximum atomic E-state index is 12.7. The molecule has 0 spiro atoms. The number of hydrogen-bond donors (Lipinski definition) is 0. The Hall–Kier alpha value is -0.960. The number of rotatable bonds is 5. The summed E-state index contributed by atoms with van der Waals surface area (Å²) in [6.07, 6.45) is 0. The molecule has 0 atom stereocenters. The Bertz CT molecular complexity index is 728. The number of aromatic nitrogens is 3. The highest BCUT2D eigenvalue weighted by molar-refractivity contribution is 9.10. The lowest BCUT2D eigenvalue weighted by atomic mass is 10.2. The second kappa shape index (κ2) is 6.43. The van der Waals surface area contributed by atoms with E-state index in [1.165, 1.54) is 16.0 Å². The van der Waals surface area contributed by atoms with Gasteiger partial charge in [0, 0.05) is 25.2 Å². The molecule has 1 aromatic carbocycles. The lowest BCUT2D eigenvalue weighted by molar-refractivity contribution is 0.416. The molecule has 0 bridgehead atoms. The summed E-state index contributed by atoms with van der Waals surface area (Å²) in [5.41, 5.74) is 0.746. The molecule has 0 aliphatic carbocycles. The van der Waals surface area contributed by atoms with Gasteiger partial charge in [-0.3, -0.25) is 0 Å². The van der Waals surface area contributed by atoms with Gasteiger partial charge in [0.1, 0.15) is 0 Å². The molecule has 0 saturated heterocycles. The van der Waals surface area contributed by atoms with Crippen LogP contribution < -0.4 is 0 Å². The van der Waals surface area contributed by atoms with Crippen molar-refractivity contribution < 1.29 is 8.42 Å². The fourth-order valence-corrected chi connectivity index (χ4v) is 4.56. The minimum Gasteiger partial charge on any atom is -0.235 e. The smallest absolute Gasteiger partial charge is 0.235 e. The van der Waals surface area contributed by atoms with Gasteiger partial charge < -0.3 is 0 Å². The van der Waals surface area contributed by atoms with Gasteiger partial charge in [0.05, 0.1) is 0 Å². The highest BCUT2D eigenvalue weighted by Gasteiger charge is 2.30.